The van der Waals surface area contributed by atoms with E-state index in [1.807, 2.05) is 0 Å². The van der Waals surface area contributed by atoms with Gasteiger partial charge in [0.15, 0.2) is 5.69 Å². The first-order chi connectivity index (χ1) is 15.9. The van der Waals surface area contributed by atoms with Gasteiger partial charge in [0.2, 0.25) is 11.6 Å². The van der Waals surface area contributed by atoms with Crippen LogP contribution in [-0.4, -0.2) is 42.5 Å². The molecule has 33 heavy (non-hydrogen) atoms. The first kappa shape index (κ1) is 21.7. The monoisotopic (exact) mass is 472 g/mol. The number of phenols is 1. The largest absolute Gasteiger partial charge is 0.507 e. The van der Waals surface area contributed by atoms with Gasteiger partial charge in [-0.15, -0.1) is 5.10 Å². The number of aromatic hydroxyl groups is 1. The number of anilines is 1. The van der Waals surface area contributed by atoms with Crippen molar-refractivity contribution in [2.45, 2.75) is 6.61 Å². The Morgan fingerprint density at radius 2 is 2.09 bits per heavy atom. The summed E-state index contributed by atoms with van der Waals surface area (Å²) in [6, 6.07) is 9.62. The van der Waals surface area contributed by atoms with Crippen molar-refractivity contribution in [3.63, 3.8) is 0 Å². The first-order valence-corrected chi connectivity index (χ1v) is 9.53. The summed E-state index contributed by atoms with van der Waals surface area (Å²) in [5.74, 6) is -1.02. The molecule has 0 spiro atoms. The van der Waals surface area contributed by atoms with Crippen LogP contribution in [0.25, 0.3) is 5.82 Å². The van der Waals surface area contributed by atoms with Crippen molar-refractivity contribution >= 4 is 29.5 Å². The average molecular weight is 473 g/mol. The maximum atomic E-state index is 13.1. The molecule has 0 fully saturated rings. The molecule has 12 nitrogen and oxygen atoms in total. The van der Waals surface area contributed by atoms with Crippen molar-refractivity contribution in [1.29, 1.82) is 0 Å². The molecule has 0 atom stereocenters. The van der Waals surface area contributed by atoms with Crippen molar-refractivity contribution < 1.29 is 23.7 Å². The smallest absolute Gasteiger partial charge is 0.293 e. The van der Waals surface area contributed by atoms with E-state index in [0.29, 0.717) is 10.8 Å². The molecule has 0 aliphatic carbocycles. The van der Waals surface area contributed by atoms with Gasteiger partial charge >= 0.3 is 0 Å². The molecule has 4 aromatic rings. The Kier molecular flexibility index (Phi) is 6.13. The van der Waals surface area contributed by atoms with Gasteiger partial charge in [-0.05, 0) is 52.8 Å². The molecule has 0 aliphatic rings. The van der Waals surface area contributed by atoms with Crippen LogP contribution in [0.5, 0.6) is 11.5 Å². The zero-order chi connectivity index (χ0) is 23.4. The number of ether oxygens (including phenoxy) is 1. The van der Waals surface area contributed by atoms with E-state index in [1.165, 1.54) is 48.7 Å². The Morgan fingerprint density at radius 1 is 1.30 bits per heavy atom. The highest BCUT2D eigenvalue weighted by molar-refractivity contribution is 6.30. The summed E-state index contributed by atoms with van der Waals surface area (Å²) in [6.07, 6.45) is 1.21. The van der Waals surface area contributed by atoms with Crippen molar-refractivity contribution in [1.82, 2.24) is 30.7 Å². The second kappa shape index (κ2) is 9.32. The van der Waals surface area contributed by atoms with E-state index in [1.54, 1.807) is 0 Å². The highest BCUT2D eigenvalue weighted by Gasteiger charge is 2.24. The molecule has 4 N–H and O–H groups in total. The highest BCUT2D eigenvalue weighted by atomic mass is 35.5. The topological polar surface area (TPSA) is 167 Å². The maximum absolute atomic E-state index is 13.1. The summed E-state index contributed by atoms with van der Waals surface area (Å²) in [6.45, 7) is -0.216. The summed E-state index contributed by atoms with van der Waals surface area (Å²) in [5.41, 5.74) is 8.27. The summed E-state index contributed by atoms with van der Waals surface area (Å²) in [7, 11) is 0. The lowest BCUT2D eigenvalue weighted by Gasteiger charge is -2.08. The quantitative estimate of drug-likeness (QED) is 0.269. The van der Waals surface area contributed by atoms with Crippen LogP contribution in [0.1, 0.15) is 21.7 Å². The Morgan fingerprint density at radius 3 is 2.82 bits per heavy atom. The third-order valence-corrected chi connectivity index (χ3v) is 4.46. The molecule has 2 aromatic carbocycles. The third-order valence-electron chi connectivity index (χ3n) is 4.22. The van der Waals surface area contributed by atoms with E-state index in [4.69, 9.17) is 22.1 Å². The molecule has 0 radical (unpaired) electrons. The Bertz CT molecular complexity index is 1320. The normalized spacial score (nSPS) is 11.1. The molecule has 0 aliphatic heterocycles. The van der Waals surface area contributed by atoms with Gasteiger partial charge in [0.05, 0.1) is 6.21 Å². The summed E-state index contributed by atoms with van der Waals surface area (Å²) < 4.78 is 24.5. The number of phenolic OH excluding ortho intramolecular Hbond substituents is 1. The minimum absolute atomic E-state index is 0.00777. The summed E-state index contributed by atoms with van der Waals surface area (Å²) in [5, 5.41) is 28.9. The average Bonchev–Trinajstić information content (AvgIpc) is 3.41. The molecule has 14 heteroatoms. The second-order valence-electron chi connectivity index (χ2n) is 6.41. The van der Waals surface area contributed by atoms with E-state index in [9.17, 15) is 14.3 Å². The Hall–Kier alpha value is -4.52. The van der Waals surface area contributed by atoms with Crippen molar-refractivity contribution in [3.05, 3.63) is 70.3 Å². The van der Waals surface area contributed by atoms with Crippen LogP contribution >= 0.6 is 11.6 Å². The predicted molar refractivity (Wildman–Crippen MR) is 113 cm³/mol. The molecule has 0 unspecified atom stereocenters. The van der Waals surface area contributed by atoms with Gasteiger partial charge in [-0.2, -0.15) is 9.78 Å². The van der Waals surface area contributed by atoms with Gasteiger partial charge in [0.1, 0.15) is 29.6 Å². The van der Waals surface area contributed by atoms with Gasteiger partial charge in [0, 0.05) is 10.6 Å². The minimum atomic E-state index is -0.744. The lowest BCUT2D eigenvalue weighted by atomic mass is 10.2. The number of amides is 1. The minimum Gasteiger partial charge on any atom is -0.507 e. The standard InChI is InChI=1S/C19H14ClFN8O4/c20-11-1-6-15(30)10(7-11)8-23-25-19(31)16-14(9-32-13-4-2-12(21)3-5-13)29(28-24-16)18-17(22)26-33-27-18/h1-8,30H,9H2,(H2,22,26)(H,25,31)/b23-8+. The number of carbonyl (C=O) groups is 1. The molecule has 2 aromatic heterocycles. The zero-order valence-electron chi connectivity index (χ0n) is 16.5. The number of nitrogens with zero attached hydrogens (tertiary/aromatic N) is 6. The van der Waals surface area contributed by atoms with E-state index >= 15 is 0 Å². The van der Waals surface area contributed by atoms with Crippen molar-refractivity contribution in [2.24, 2.45) is 5.10 Å². The number of nitrogens with two attached hydrogens (primary N) is 1. The van der Waals surface area contributed by atoms with E-state index in [-0.39, 0.29) is 40.9 Å². The summed E-state index contributed by atoms with van der Waals surface area (Å²) in [4.78, 5) is 12.7. The molecule has 0 saturated carbocycles. The number of hydrogen-bond donors (Lipinski definition) is 3. The molecular formula is C19H14ClFN8O4. The van der Waals surface area contributed by atoms with Crippen LogP contribution in [0, 0.1) is 5.82 Å². The number of carbonyl (C=O) groups excluding carboxylic acids is 1. The zero-order valence-corrected chi connectivity index (χ0v) is 17.3. The van der Waals surface area contributed by atoms with Gasteiger partial charge in [-0.25, -0.2) is 14.4 Å². The van der Waals surface area contributed by atoms with Crippen molar-refractivity contribution in [2.75, 3.05) is 5.73 Å². The van der Waals surface area contributed by atoms with Crippen LogP contribution in [0.4, 0.5) is 10.2 Å². The van der Waals surface area contributed by atoms with E-state index in [2.05, 4.69) is 35.8 Å². The lowest BCUT2D eigenvalue weighted by Crippen LogP contribution is -2.21. The molecule has 2 heterocycles. The molecule has 4 rings (SSSR count). The molecule has 1 amide bonds. The van der Waals surface area contributed by atoms with E-state index in [0.717, 1.165) is 4.68 Å². The van der Waals surface area contributed by atoms with Gasteiger partial charge < -0.3 is 15.6 Å². The van der Waals surface area contributed by atoms with Crippen LogP contribution in [0.2, 0.25) is 5.02 Å². The first-order valence-electron chi connectivity index (χ1n) is 9.15. The van der Waals surface area contributed by atoms with Crippen LogP contribution in [-0.2, 0) is 6.61 Å². The van der Waals surface area contributed by atoms with Gasteiger partial charge in [-0.3, -0.25) is 4.79 Å². The molecule has 168 valence electrons. The summed E-state index contributed by atoms with van der Waals surface area (Å²) >= 11 is 5.89. The van der Waals surface area contributed by atoms with E-state index < -0.39 is 11.7 Å². The highest BCUT2D eigenvalue weighted by Crippen LogP contribution is 2.20. The molecule has 0 bridgehead atoms. The number of halogens is 2. The number of hydrogen-bond acceptors (Lipinski definition) is 10. The SMILES string of the molecule is Nc1nonc1-n1nnc(C(=O)N/N=C/c2cc(Cl)ccc2O)c1COc1ccc(F)cc1. The number of nitrogens with one attached hydrogen (secondary N) is 1. The Balaban J connectivity index is 1.58. The number of hydrazone groups is 1. The fourth-order valence-corrected chi connectivity index (χ4v) is 2.82. The fraction of sp³-hybridized carbons (Fsp3) is 0.0526. The van der Waals surface area contributed by atoms with Crippen LogP contribution in [0.3, 0.4) is 0 Å². The fourth-order valence-electron chi connectivity index (χ4n) is 2.64. The number of nitrogen functional groups attached to an aromatic ring is 1. The van der Waals surface area contributed by atoms with Gasteiger partial charge in [-0.1, -0.05) is 16.8 Å². The van der Waals surface area contributed by atoms with Crippen LogP contribution in [0.15, 0.2) is 52.2 Å². The number of benzene rings is 2. The Labute approximate surface area is 189 Å². The molecule has 0 saturated heterocycles. The number of aromatic nitrogens is 5. The maximum Gasteiger partial charge on any atom is 0.293 e. The number of rotatable bonds is 7. The predicted octanol–water partition coefficient (Wildman–Crippen LogP) is 2.07. The molecular weight excluding hydrogens is 459 g/mol. The van der Waals surface area contributed by atoms with Crippen LogP contribution < -0.4 is 15.9 Å². The van der Waals surface area contributed by atoms with Gasteiger partial charge in [0.25, 0.3) is 5.91 Å². The van der Waals surface area contributed by atoms with Crippen molar-refractivity contribution in [3.8, 4) is 17.3 Å². The third kappa shape index (κ3) is 4.88. The lowest BCUT2D eigenvalue weighted by molar-refractivity contribution is 0.0947. The second-order valence-corrected chi connectivity index (χ2v) is 6.85.